The molecule has 0 saturated carbocycles. The van der Waals surface area contributed by atoms with Gasteiger partial charge in [0.25, 0.3) is 0 Å². The van der Waals surface area contributed by atoms with Crippen molar-refractivity contribution in [2.75, 3.05) is 19.8 Å². The monoisotopic (exact) mass is 303 g/mol. The van der Waals surface area contributed by atoms with Crippen LogP contribution in [0, 0.1) is 6.92 Å². The number of nitrogens with one attached hydrogen (secondary N) is 1. The lowest BCUT2D eigenvalue weighted by Gasteiger charge is -2.04. The standard InChI is InChI=1S/C12H18BrNOS/c1-9(2)8-15-5-4-14-7-11-6-10(3)12(13)16-11/h6,14H,1,4-5,7-8H2,2-3H3. The normalized spacial score (nSPS) is 10.7. The first-order valence-electron chi connectivity index (χ1n) is 5.27. The van der Waals surface area contributed by atoms with Gasteiger partial charge in [0.1, 0.15) is 0 Å². The molecule has 0 atom stereocenters. The molecule has 4 heteroatoms. The first-order valence-corrected chi connectivity index (χ1v) is 6.88. The molecule has 2 nitrogen and oxygen atoms in total. The maximum Gasteiger partial charge on any atom is 0.0730 e. The molecule has 1 heterocycles. The summed E-state index contributed by atoms with van der Waals surface area (Å²) in [6, 6.07) is 2.20. The summed E-state index contributed by atoms with van der Waals surface area (Å²) in [4.78, 5) is 1.35. The predicted octanol–water partition coefficient (Wildman–Crippen LogP) is 3.50. The lowest BCUT2D eigenvalue weighted by Crippen LogP contribution is -2.19. The van der Waals surface area contributed by atoms with E-state index in [9.17, 15) is 0 Å². The Labute approximate surface area is 110 Å². The van der Waals surface area contributed by atoms with Gasteiger partial charge >= 0.3 is 0 Å². The predicted molar refractivity (Wildman–Crippen MR) is 74.1 cm³/mol. The van der Waals surface area contributed by atoms with Crippen molar-refractivity contribution in [3.05, 3.63) is 32.4 Å². The van der Waals surface area contributed by atoms with E-state index >= 15 is 0 Å². The summed E-state index contributed by atoms with van der Waals surface area (Å²) in [5.41, 5.74) is 2.37. The zero-order valence-electron chi connectivity index (χ0n) is 9.81. The number of hydrogen-bond acceptors (Lipinski definition) is 3. The molecule has 0 aliphatic carbocycles. The maximum atomic E-state index is 5.39. The highest BCUT2D eigenvalue weighted by Gasteiger charge is 2.01. The van der Waals surface area contributed by atoms with Crippen LogP contribution in [0.25, 0.3) is 0 Å². The minimum absolute atomic E-state index is 0.658. The van der Waals surface area contributed by atoms with E-state index in [1.165, 1.54) is 14.2 Å². The van der Waals surface area contributed by atoms with E-state index in [0.717, 1.165) is 25.3 Å². The Morgan fingerprint density at radius 2 is 2.38 bits per heavy atom. The Balaban J connectivity index is 2.09. The van der Waals surface area contributed by atoms with Gasteiger partial charge in [-0.25, -0.2) is 0 Å². The van der Waals surface area contributed by atoms with E-state index in [2.05, 4.69) is 40.8 Å². The smallest absolute Gasteiger partial charge is 0.0730 e. The van der Waals surface area contributed by atoms with Gasteiger partial charge in [0, 0.05) is 18.0 Å². The minimum atomic E-state index is 0.658. The van der Waals surface area contributed by atoms with E-state index < -0.39 is 0 Å². The summed E-state index contributed by atoms with van der Waals surface area (Å²) in [5.74, 6) is 0. The van der Waals surface area contributed by atoms with Crippen LogP contribution in [-0.2, 0) is 11.3 Å². The summed E-state index contributed by atoms with van der Waals surface area (Å²) >= 11 is 5.30. The SMILES string of the molecule is C=C(C)COCCNCc1cc(C)c(Br)s1. The average molecular weight is 304 g/mol. The highest BCUT2D eigenvalue weighted by atomic mass is 79.9. The van der Waals surface area contributed by atoms with Gasteiger partial charge in [0.2, 0.25) is 0 Å². The van der Waals surface area contributed by atoms with E-state index in [0.29, 0.717) is 6.61 Å². The molecule has 0 saturated heterocycles. The van der Waals surface area contributed by atoms with Crippen LogP contribution in [0.5, 0.6) is 0 Å². The fraction of sp³-hybridized carbons (Fsp3) is 0.500. The Kier molecular flexibility index (Phi) is 6.28. The highest BCUT2D eigenvalue weighted by molar-refractivity contribution is 9.11. The molecule has 0 spiro atoms. The zero-order valence-corrected chi connectivity index (χ0v) is 12.2. The van der Waals surface area contributed by atoms with Crippen LogP contribution in [0.15, 0.2) is 22.0 Å². The van der Waals surface area contributed by atoms with Crippen molar-refractivity contribution in [2.45, 2.75) is 20.4 Å². The van der Waals surface area contributed by atoms with Gasteiger partial charge in [0.05, 0.1) is 17.0 Å². The molecule has 0 amide bonds. The Morgan fingerprint density at radius 3 is 2.94 bits per heavy atom. The van der Waals surface area contributed by atoms with Crippen LogP contribution in [0.4, 0.5) is 0 Å². The summed E-state index contributed by atoms with van der Waals surface area (Å²) < 4.78 is 6.62. The molecule has 1 aromatic heterocycles. The topological polar surface area (TPSA) is 21.3 Å². The molecular formula is C12H18BrNOS. The van der Waals surface area contributed by atoms with Crippen molar-refractivity contribution in [3.63, 3.8) is 0 Å². The number of hydrogen-bond donors (Lipinski definition) is 1. The van der Waals surface area contributed by atoms with Gasteiger partial charge in [-0.15, -0.1) is 11.3 Å². The third-order valence-electron chi connectivity index (χ3n) is 1.98. The molecule has 0 fully saturated rings. The molecule has 16 heavy (non-hydrogen) atoms. The van der Waals surface area contributed by atoms with Crippen LogP contribution in [0.3, 0.4) is 0 Å². The van der Waals surface area contributed by atoms with Crippen molar-refractivity contribution in [1.82, 2.24) is 5.32 Å². The van der Waals surface area contributed by atoms with Crippen LogP contribution < -0.4 is 5.32 Å². The largest absolute Gasteiger partial charge is 0.376 e. The van der Waals surface area contributed by atoms with Gasteiger partial charge in [-0.05, 0) is 41.4 Å². The Morgan fingerprint density at radius 1 is 1.62 bits per heavy atom. The van der Waals surface area contributed by atoms with Crippen LogP contribution in [0.2, 0.25) is 0 Å². The second-order valence-electron chi connectivity index (χ2n) is 3.86. The average Bonchev–Trinajstić information content (AvgIpc) is 2.52. The van der Waals surface area contributed by atoms with Crippen molar-refractivity contribution in [2.24, 2.45) is 0 Å². The third kappa shape index (κ3) is 5.25. The Bertz CT molecular complexity index is 329. The molecule has 0 aliphatic rings. The highest BCUT2D eigenvalue weighted by Crippen LogP contribution is 2.26. The fourth-order valence-corrected chi connectivity index (χ4v) is 2.81. The van der Waals surface area contributed by atoms with Crippen molar-refractivity contribution in [1.29, 1.82) is 0 Å². The lowest BCUT2D eigenvalue weighted by atomic mass is 10.3. The molecule has 1 N–H and O–H groups in total. The van der Waals surface area contributed by atoms with Gasteiger partial charge < -0.3 is 10.1 Å². The number of aryl methyl sites for hydroxylation is 1. The lowest BCUT2D eigenvalue weighted by molar-refractivity contribution is 0.158. The molecule has 90 valence electrons. The van der Waals surface area contributed by atoms with Crippen molar-refractivity contribution >= 4 is 27.3 Å². The summed E-state index contributed by atoms with van der Waals surface area (Å²) in [7, 11) is 0. The van der Waals surface area contributed by atoms with Crippen molar-refractivity contribution in [3.8, 4) is 0 Å². The van der Waals surface area contributed by atoms with Crippen LogP contribution in [-0.4, -0.2) is 19.8 Å². The first kappa shape index (κ1) is 13.9. The van der Waals surface area contributed by atoms with Gasteiger partial charge in [-0.1, -0.05) is 12.2 Å². The summed E-state index contributed by atoms with van der Waals surface area (Å²) in [6.45, 7) is 11.0. The molecular weight excluding hydrogens is 286 g/mol. The number of halogens is 1. The van der Waals surface area contributed by atoms with Crippen LogP contribution >= 0.6 is 27.3 Å². The number of ether oxygens (including phenoxy) is 1. The maximum absolute atomic E-state index is 5.39. The molecule has 0 unspecified atom stereocenters. The number of thiophene rings is 1. The van der Waals surface area contributed by atoms with Gasteiger partial charge in [-0.2, -0.15) is 0 Å². The van der Waals surface area contributed by atoms with E-state index in [1.54, 1.807) is 11.3 Å². The molecule has 0 bridgehead atoms. The fourth-order valence-electron chi connectivity index (χ4n) is 1.21. The molecule has 0 radical (unpaired) electrons. The molecule has 0 aliphatic heterocycles. The second-order valence-corrected chi connectivity index (χ2v) is 6.31. The molecule has 0 aromatic carbocycles. The second kappa shape index (κ2) is 7.22. The van der Waals surface area contributed by atoms with Crippen LogP contribution in [0.1, 0.15) is 17.4 Å². The first-order chi connectivity index (χ1) is 7.59. The molecule has 1 aromatic rings. The van der Waals surface area contributed by atoms with E-state index in [1.807, 2.05) is 6.92 Å². The quantitative estimate of drug-likeness (QED) is 0.615. The van der Waals surface area contributed by atoms with Crippen molar-refractivity contribution < 1.29 is 4.74 Å². The van der Waals surface area contributed by atoms with E-state index in [-0.39, 0.29) is 0 Å². The Hall–Kier alpha value is -0.160. The number of rotatable bonds is 7. The summed E-state index contributed by atoms with van der Waals surface area (Å²) in [5, 5.41) is 3.35. The molecule has 1 rings (SSSR count). The summed E-state index contributed by atoms with van der Waals surface area (Å²) in [6.07, 6.45) is 0. The third-order valence-corrected chi connectivity index (χ3v) is 4.12. The minimum Gasteiger partial charge on any atom is -0.376 e. The van der Waals surface area contributed by atoms with E-state index in [4.69, 9.17) is 4.74 Å². The van der Waals surface area contributed by atoms with Gasteiger partial charge in [0.15, 0.2) is 0 Å². The van der Waals surface area contributed by atoms with Gasteiger partial charge in [-0.3, -0.25) is 0 Å². The zero-order chi connectivity index (χ0) is 12.0.